The predicted octanol–water partition coefficient (Wildman–Crippen LogP) is 4.13. The molecule has 1 heterocycles. The van der Waals surface area contributed by atoms with Crippen LogP contribution in [-0.4, -0.2) is 23.0 Å². The summed E-state index contributed by atoms with van der Waals surface area (Å²) in [5, 5.41) is 9.70. The Kier molecular flexibility index (Phi) is 4.31. The molecule has 128 valence electrons. The van der Waals surface area contributed by atoms with E-state index in [0.717, 1.165) is 5.39 Å². The third-order valence-electron chi connectivity index (χ3n) is 4.10. The Morgan fingerprint density at radius 1 is 1.12 bits per heavy atom. The molecule has 0 aliphatic heterocycles. The predicted molar refractivity (Wildman–Crippen MR) is 93.3 cm³/mol. The summed E-state index contributed by atoms with van der Waals surface area (Å²) >= 11 is 0. The quantitative estimate of drug-likeness (QED) is 0.708. The minimum absolute atomic E-state index is 0.127. The Balaban J connectivity index is 1.97. The number of hydrogen-bond donors (Lipinski definition) is 1. The molecule has 0 fully saturated rings. The van der Waals surface area contributed by atoms with E-state index in [-0.39, 0.29) is 5.78 Å². The average molecular weight is 338 g/mol. The van der Waals surface area contributed by atoms with Crippen molar-refractivity contribution in [1.82, 2.24) is 0 Å². The highest BCUT2D eigenvalue weighted by molar-refractivity contribution is 6.17. The monoisotopic (exact) mass is 338 g/mol. The van der Waals surface area contributed by atoms with Crippen LogP contribution in [0.15, 0.2) is 46.9 Å². The van der Waals surface area contributed by atoms with E-state index in [0.29, 0.717) is 33.8 Å². The van der Waals surface area contributed by atoms with Crippen molar-refractivity contribution in [3.8, 4) is 5.75 Å². The fraction of sp³-hybridized carbons (Fsp3) is 0.200. The number of para-hydroxylation sites is 1. The van der Waals surface area contributed by atoms with Gasteiger partial charge in [-0.3, -0.25) is 4.79 Å². The minimum Gasteiger partial charge on any atom is -0.479 e. The highest BCUT2D eigenvalue weighted by Gasteiger charge is 2.21. The molecule has 5 nitrogen and oxygen atoms in total. The molecule has 3 aromatic rings. The van der Waals surface area contributed by atoms with Crippen molar-refractivity contribution in [2.24, 2.45) is 0 Å². The SMILES string of the molecule is Cc1cc(OC(C)C(=O)O)ccc1C(=O)c1c(C)oc2ccccc12. The number of ketones is 1. The highest BCUT2D eigenvalue weighted by Crippen LogP contribution is 2.29. The highest BCUT2D eigenvalue weighted by atomic mass is 16.5. The Bertz CT molecular complexity index is 967. The Labute approximate surface area is 144 Å². The standard InChI is InChI=1S/C20H18O5/c1-11-10-14(24-13(3)20(22)23)8-9-15(11)19(21)18-12(2)25-17-7-5-4-6-16(17)18/h4-10,13H,1-3H3,(H,22,23). The van der Waals surface area contributed by atoms with Crippen molar-refractivity contribution in [2.45, 2.75) is 26.9 Å². The van der Waals surface area contributed by atoms with Crippen molar-refractivity contribution in [3.63, 3.8) is 0 Å². The molecule has 0 saturated heterocycles. The number of carboxylic acid groups (broad SMARTS) is 1. The molecular formula is C20H18O5. The van der Waals surface area contributed by atoms with Crippen molar-refractivity contribution in [3.05, 3.63) is 64.9 Å². The van der Waals surface area contributed by atoms with E-state index in [9.17, 15) is 9.59 Å². The number of carboxylic acids is 1. The van der Waals surface area contributed by atoms with Gasteiger partial charge >= 0.3 is 5.97 Å². The molecule has 0 aliphatic carbocycles. The van der Waals surface area contributed by atoms with Crippen LogP contribution in [0.3, 0.4) is 0 Å². The lowest BCUT2D eigenvalue weighted by Gasteiger charge is -2.12. The second-order valence-electron chi connectivity index (χ2n) is 5.93. The number of rotatable bonds is 5. The van der Waals surface area contributed by atoms with Gasteiger partial charge in [0.05, 0.1) is 5.56 Å². The average Bonchev–Trinajstić information content (AvgIpc) is 2.90. The van der Waals surface area contributed by atoms with Gasteiger partial charge in [-0.05, 0) is 50.6 Å². The maximum Gasteiger partial charge on any atom is 0.344 e. The summed E-state index contributed by atoms with van der Waals surface area (Å²) in [6.07, 6.45) is -0.957. The normalized spacial score (nSPS) is 12.1. The van der Waals surface area contributed by atoms with Gasteiger partial charge in [0.1, 0.15) is 17.1 Å². The molecule has 1 unspecified atom stereocenters. The van der Waals surface area contributed by atoms with Crippen molar-refractivity contribution >= 4 is 22.7 Å². The molecule has 0 amide bonds. The molecule has 5 heteroatoms. The lowest BCUT2D eigenvalue weighted by molar-refractivity contribution is -0.144. The third kappa shape index (κ3) is 3.13. The van der Waals surface area contributed by atoms with Gasteiger partial charge < -0.3 is 14.3 Å². The van der Waals surface area contributed by atoms with Crippen LogP contribution in [0.4, 0.5) is 0 Å². The van der Waals surface area contributed by atoms with Gasteiger partial charge in [-0.25, -0.2) is 4.79 Å². The first-order valence-corrected chi connectivity index (χ1v) is 7.91. The molecule has 0 spiro atoms. The summed E-state index contributed by atoms with van der Waals surface area (Å²) in [6, 6.07) is 12.4. The van der Waals surface area contributed by atoms with Crippen LogP contribution in [0.2, 0.25) is 0 Å². The van der Waals surface area contributed by atoms with Crippen LogP contribution < -0.4 is 4.74 Å². The lowest BCUT2D eigenvalue weighted by atomic mass is 9.97. The van der Waals surface area contributed by atoms with Crippen LogP contribution in [-0.2, 0) is 4.79 Å². The van der Waals surface area contributed by atoms with E-state index in [1.54, 1.807) is 32.0 Å². The van der Waals surface area contributed by atoms with Gasteiger partial charge in [-0.2, -0.15) is 0 Å². The third-order valence-corrected chi connectivity index (χ3v) is 4.10. The van der Waals surface area contributed by atoms with Crippen molar-refractivity contribution < 1.29 is 23.8 Å². The molecule has 1 atom stereocenters. The maximum atomic E-state index is 13.0. The van der Waals surface area contributed by atoms with Crippen LogP contribution in [0, 0.1) is 13.8 Å². The Morgan fingerprint density at radius 2 is 1.84 bits per heavy atom. The van der Waals surface area contributed by atoms with Gasteiger partial charge in [0, 0.05) is 10.9 Å². The van der Waals surface area contributed by atoms with Crippen LogP contribution >= 0.6 is 0 Å². The fourth-order valence-electron chi connectivity index (χ4n) is 2.80. The number of aryl methyl sites for hydroxylation is 2. The summed E-state index contributed by atoms with van der Waals surface area (Å²) in [6.45, 7) is 5.02. The number of hydrogen-bond acceptors (Lipinski definition) is 4. The summed E-state index contributed by atoms with van der Waals surface area (Å²) in [5.74, 6) is -0.181. The zero-order chi connectivity index (χ0) is 18.1. The first-order valence-electron chi connectivity index (χ1n) is 7.91. The summed E-state index contributed by atoms with van der Waals surface area (Å²) in [4.78, 5) is 23.9. The van der Waals surface area contributed by atoms with Crippen LogP contribution in [0.1, 0.15) is 34.2 Å². The topological polar surface area (TPSA) is 76.7 Å². The zero-order valence-corrected chi connectivity index (χ0v) is 14.2. The molecule has 3 rings (SSSR count). The van der Waals surface area contributed by atoms with Gasteiger partial charge in [0.25, 0.3) is 0 Å². The van der Waals surface area contributed by atoms with E-state index >= 15 is 0 Å². The van der Waals surface area contributed by atoms with E-state index in [4.69, 9.17) is 14.3 Å². The maximum absolute atomic E-state index is 13.0. The van der Waals surface area contributed by atoms with Gasteiger partial charge in [0.15, 0.2) is 11.9 Å². The molecular weight excluding hydrogens is 320 g/mol. The Morgan fingerprint density at radius 3 is 2.52 bits per heavy atom. The second-order valence-corrected chi connectivity index (χ2v) is 5.93. The van der Waals surface area contributed by atoms with E-state index < -0.39 is 12.1 Å². The number of aliphatic carboxylic acids is 1. The Hall–Kier alpha value is -3.08. The number of ether oxygens (including phenoxy) is 1. The van der Waals surface area contributed by atoms with Gasteiger partial charge in [-0.1, -0.05) is 18.2 Å². The largest absolute Gasteiger partial charge is 0.479 e. The molecule has 25 heavy (non-hydrogen) atoms. The summed E-state index contributed by atoms with van der Waals surface area (Å²) < 4.78 is 11.0. The van der Waals surface area contributed by atoms with E-state index in [1.165, 1.54) is 6.92 Å². The molecule has 0 radical (unpaired) electrons. The molecule has 0 saturated carbocycles. The summed E-state index contributed by atoms with van der Waals surface area (Å²) in [5.41, 5.74) is 2.47. The number of furan rings is 1. The molecule has 1 N–H and O–H groups in total. The van der Waals surface area contributed by atoms with Crippen LogP contribution in [0.5, 0.6) is 5.75 Å². The smallest absolute Gasteiger partial charge is 0.344 e. The van der Waals surface area contributed by atoms with E-state index in [2.05, 4.69) is 0 Å². The zero-order valence-electron chi connectivity index (χ0n) is 14.2. The fourth-order valence-corrected chi connectivity index (χ4v) is 2.80. The summed E-state index contributed by atoms with van der Waals surface area (Å²) in [7, 11) is 0. The molecule has 2 aromatic carbocycles. The van der Waals surface area contributed by atoms with Gasteiger partial charge in [0.2, 0.25) is 0 Å². The first kappa shape index (κ1) is 16.8. The van der Waals surface area contributed by atoms with Crippen molar-refractivity contribution in [1.29, 1.82) is 0 Å². The molecule has 0 bridgehead atoms. The number of carbonyl (C=O) groups excluding carboxylic acids is 1. The number of benzene rings is 2. The van der Waals surface area contributed by atoms with E-state index in [1.807, 2.05) is 24.3 Å². The second kappa shape index (κ2) is 6.43. The minimum atomic E-state index is -1.04. The van der Waals surface area contributed by atoms with Gasteiger partial charge in [-0.15, -0.1) is 0 Å². The number of fused-ring (bicyclic) bond motifs is 1. The molecule has 1 aromatic heterocycles. The lowest BCUT2D eigenvalue weighted by Crippen LogP contribution is -2.22. The van der Waals surface area contributed by atoms with Crippen LogP contribution in [0.25, 0.3) is 11.0 Å². The first-order chi connectivity index (χ1) is 11.9. The van der Waals surface area contributed by atoms with Crippen molar-refractivity contribution in [2.75, 3.05) is 0 Å². The number of carbonyl (C=O) groups is 2. The molecule has 0 aliphatic rings.